The summed E-state index contributed by atoms with van der Waals surface area (Å²) >= 11 is 0. The van der Waals surface area contributed by atoms with Gasteiger partial charge in [0.25, 0.3) is 0 Å². The van der Waals surface area contributed by atoms with Gasteiger partial charge in [-0.1, -0.05) is 36.4 Å². The number of aromatic nitrogens is 2. The van der Waals surface area contributed by atoms with Crippen molar-refractivity contribution in [1.29, 1.82) is 0 Å². The number of imidazole rings is 1. The lowest BCUT2D eigenvalue weighted by Gasteiger charge is -2.17. The van der Waals surface area contributed by atoms with Crippen molar-refractivity contribution in [2.45, 2.75) is 19.4 Å². The Kier molecular flexibility index (Phi) is 4.08. The minimum atomic E-state index is 0.521. The first kappa shape index (κ1) is 15.4. The van der Waals surface area contributed by atoms with Crippen LogP contribution in [0.5, 0.6) is 0 Å². The zero-order valence-corrected chi connectivity index (χ0v) is 14.1. The van der Waals surface area contributed by atoms with Gasteiger partial charge in [0.05, 0.1) is 11.9 Å². The Bertz CT molecular complexity index is 824. The number of hydrogen-bond acceptors (Lipinski definition) is 3. The quantitative estimate of drug-likeness (QED) is 0.804. The van der Waals surface area contributed by atoms with Crippen LogP contribution in [0.1, 0.15) is 22.9 Å². The van der Waals surface area contributed by atoms with Crippen molar-refractivity contribution in [3.05, 3.63) is 71.7 Å². The lowest BCUT2D eigenvalue weighted by molar-refractivity contribution is 0.312. The Morgan fingerprint density at radius 2 is 1.92 bits per heavy atom. The smallest absolute Gasteiger partial charge is 0.137 e. The second kappa shape index (κ2) is 6.38. The molecule has 0 spiro atoms. The van der Waals surface area contributed by atoms with Crippen molar-refractivity contribution in [2.24, 2.45) is 11.7 Å². The first-order valence-corrected chi connectivity index (χ1v) is 8.65. The summed E-state index contributed by atoms with van der Waals surface area (Å²) in [6.45, 7) is 5.91. The van der Waals surface area contributed by atoms with Crippen LogP contribution in [0.4, 0.5) is 0 Å². The van der Waals surface area contributed by atoms with Crippen LogP contribution in [-0.2, 0) is 6.54 Å². The molecular weight excluding hydrogens is 296 g/mol. The molecule has 1 aliphatic heterocycles. The molecule has 24 heavy (non-hydrogen) atoms. The van der Waals surface area contributed by atoms with E-state index < -0.39 is 0 Å². The number of aryl methyl sites for hydroxylation is 1. The van der Waals surface area contributed by atoms with Crippen molar-refractivity contribution < 1.29 is 0 Å². The standard InChI is InChI=1S/C20H24N4/c1-15-6-5-9-20-22-11-18(24(15)20)13-23-12-17(10-21)19(14-23)16-7-3-2-4-8-16/h2-9,11,17,19H,10,12-14,21H2,1H3/t17-,19+/m1/s1. The highest BCUT2D eigenvalue weighted by molar-refractivity contribution is 5.42. The van der Waals surface area contributed by atoms with E-state index in [1.165, 1.54) is 17.0 Å². The second-order valence-electron chi connectivity index (χ2n) is 6.82. The fourth-order valence-electron chi connectivity index (χ4n) is 4.02. The molecule has 4 nitrogen and oxygen atoms in total. The Balaban J connectivity index is 1.57. The van der Waals surface area contributed by atoms with E-state index in [2.05, 4.69) is 69.7 Å². The molecule has 1 saturated heterocycles. The molecule has 3 aromatic rings. The summed E-state index contributed by atoms with van der Waals surface area (Å²) in [5.74, 6) is 1.05. The third kappa shape index (κ3) is 2.72. The van der Waals surface area contributed by atoms with Gasteiger partial charge in [0.1, 0.15) is 5.65 Å². The molecule has 1 aromatic carbocycles. The highest BCUT2D eigenvalue weighted by Gasteiger charge is 2.33. The van der Waals surface area contributed by atoms with Gasteiger partial charge in [0.15, 0.2) is 0 Å². The monoisotopic (exact) mass is 320 g/mol. The number of pyridine rings is 1. The SMILES string of the molecule is Cc1cccc2ncc(CN3C[C@@H](CN)[C@H](c4ccccc4)C3)n12. The van der Waals surface area contributed by atoms with Crippen LogP contribution < -0.4 is 5.73 Å². The average Bonchev–Trinajstić information content (AvgIpc) is 3.21. The first-order chi connectivity index (χ1) is 11.8. The van der Waals surface area contributed by atoms with Gasteiger partial charge in [-0.3, -0.25) is 4.90 Å². The number of fused-ring (bicyclic) bond motifs is 1. The van der Waals surface area contributed by atoms with E-state index in [0.717, 1.165) is 31.8 Å². The Morgan fingerprint density at radius 3 is 2.71 bits per heavy atom. The maximum Gasteiger partial charge on any atom is 0.137 e. The van der Waals surface area contributed by atoms with E-state index in [-0.39, 0.29) is 0 Å². The van der Waals surface area contributed by atoms with Crippen molar-refractivity contribution in [3.8, 4) is 0 Å². The number of hydrogen-bond donors (Lipinski definition) is 1. The number of nitrogens with two attached hydrogens (primary N) is 1. The fraction of sp³-hybridized carbons (Fsp3) is 0.350. The Labute approximate surface area is 142 Å². The highest BCUT2D eigenvalue weighted by atomic mass is 15.2. The third-order valence-corrected chi connectivity index (χ3v) is 5.23. The van der Waals surface area contributed by atoms with E-state index >= 15 is 0 Å². The molecule has 2 atom stereocenters. The van der Waals surface area contributed by atoms with Gasteiger partial charge < -0.3 is 10.1 Å². The van der Waals surface area contributed by atoms with Gasteiger partial charge in [0.2, 0.25) is 0 Å². The lowest BCUT2D eigenvalue weighted by atomic mass is 9.89. The van der Waals surface area contributed by atoms with Gasteiger partial charge in [-0.25, -0.2) is 4.98 Å². The summed E-state index contributed by atoms with van der Waals surface area (Å²) < 4.78 is 2.26. The molecule has 124 valence electrons. The molecule has 0 radical (unpaired) electrons. The molecule has 0 amide bonds. The van der Waals surface area contributed by atoms with Crippen molar-refractivity contribution >= 4 is 5.65 Å². The third-order valence-electron chi connectivity index (χ3n) is 5.23. The van der Waals surface area contributed by atoms with Crippen LogP contribution in [0.15, 0.2) is 54.7 Å². The highest BCUT2D eigenvalue weighted by Crippen LogP contribution is 2.32. The minimum absolute atomic E-state index is 0.521. The van der Waals surface area contributed by atoms with Crippen LogP contribution in [0.25, 0.3) is 5.65 Å². The van der Waals surface area contributed by atoms with Crippen LogP contribution in [0.3, 0.4) is 0 Å². The van der Waals surface area contributed by atoms with Crippen molar-refractivity contribution in [1.82, 2.24) is 14.3 Å². The molecule has 1 fully saturated rings. The van der Waals surface area contributed by atoms with Gasteiger partial charge in [-0.05, 0) is 37.1 Å². The molecule has 3 heterocycles. The predicted molar refractivity (Wildman–Crippen MR) is 96.9 cm³/mol. The van der Waals surface area contributed by atoms with E-state index in [0.29, 0.717) is 11.8 Å². The molecule has 4 rings (SSSR count). The van der Waals surface area contributed by atoms with Crippen LogP contribution in [-0.4, -0.2) is 33.9 Å². The van der Waals surface area contributed by atoms with Crippen molar-refractivity contribution in [2.75, 3.05) is 19.6 Å². The number of rotatable bonds is 4. The lowest BCUT2D eigenvalue weighted by Crippen LogP contribution is -2.23. The van der Waals surface area contributed by atoms with E-state index in [9.17, 15) is 0 Å². The molecule has 2 aromatic heterocycles. The molecule has 0 saturated carbocycles. The van der Waals surface area contributed by atoms with E-state index in [4.69, 9.17) is 5.73 Å². The predicted octanol–water partition coefficient (Wildman–Crippen LogP) is 2.82. The van der Waals surface area contributed by atoms with Crippen molar-refractivity contribution in [3.63, 3.8) is 0 Å². The van der Waals surface area contributed by atoms with Crippen LogP contribution >= 0.6 is 0 Å². The summed E-state index contributed by atoms with van der Waals surface area (Å²) in [4.78, 5) is 7.07. The minimum Gasteiger partial charge on any atom is -0.330 e. The molecule has 0 bridgehead atoms. The average molecular weight is 320 g/mol. The molecule has 0 unspecified atom stereocenters. The molecule has 1 aliphatic rings. The topological polar surface area (TPSA) is 46.6 Å². The number of benzene rings is 1. The summed E-state index contributed by atoms with van der Waals surface area (Å²) in [7, 11) is 0. The molecular formula is C20H24N4. The first-order valence-electron chi connectivity index (χ1n) is 8.65. The number of likely N-dealkylation sites (tertiary alicyclic amines) is 1. The summed E-state index contributed by atoms with van der Waals surface area (Å²) in [5.41, 5.74) is 11.0. The van der Waals surface area contributed by atoms with E-state index in [1.807, 2.05) is 6.20 Å². The maximum absolute atomic E-state index is 6.07. The maximum atomic E-state index is 6.07. The molecule has 2 N–H and O–H groups in total. The van der Waals surface area contributed by atoms with Crippen LogP contribution in [0, 0.1) is 12.8 Å². The Hall–Kier alpha value is -2.17. The molecule has 4 heteroatoms. The van der Waals surface area contributed by atoms with E-state index in [1.54, 1.807) is 0 Å². The zero-order chi connectivity index (χ0) is 16.5. The number of nitrogens with zero attached hydrogens (tertiary/aromatic N) is 3. The largest absolute Gasteiger partial charge is 0.330 e. The normalized spacial score (nSPS) is 21.6. The van der Waals surface area contributed by atoms with Crippen LogP contribution in [0.2, 0.25) is 0 Å². The Morgan fingerprint density at radius 1 is 1.08 bits per heavy atom. The molecule has 0 aliphatic carbocycles. The fourth-order valence-corrected chi connectivity index (χ4v) is 4.02. The van der Waals surface area contributed by atoms with Gasteiger partial charge in [0, 0.05) is 31.2 Å². The summed E-state index contributed by atoms with van der Waals surface area (Å²) in [6, 6.07) is 17.1. The van der Waals surface area contributed by atoms with Gasteiger partial charge in [-0.2, -0.15) is 0 Å². The zero-order valence-electron chi connectivity index (χ0n) is 14.1. The second-order valence-corrected chi connectivity index (χ2v) is 6.82. The summed E-state index contributed by atoms with van der Waals surface area (Å²) in [5, 5.41) is 0. The summed E-state index contributed by atoms with van der Waals surface area (Å²) in [6.07, 6.45) is 2.01. The van der Waals surface area contributed by atoms with Gasteiger partial charge >= 0.3 is 0 Å². The van der Waals surface area contributed by atoms with Gasteiger partial charge in [-0.15, -0.1) is 0 Å².